The third-order valence-electron chi connectivity index (χ3n) is 3.68. The van der Waals surface area contributed by atoms with E-state index in [-0.39, 0.29) is 6.10 Å². The second-order valence-electron chi connectivity index (χ2n) is 5.27. The smallest absolute Gasteiger partial charge is 0.162 e. The Morgan fingerprint density at radius 1 is 1.33 bits per heavy atom. The Morgan fingerprint density at radius 2 is 2.24 bits per heavy atom. The van der Waals surface area contributed by atoms with Gasteiger partial charge in [-0.05, 0) is 42.5 Å². The van der Waals surface area contributed by atoms with Crippen LogP contribution in [0.15, 0.2) is 28.8 Å². The van der Waals surface area contributed by atoms with Crippen molar-refractivity contribution in [3.63, 3.8) is 0 Å². The maximum Gasteiger partial charge on any atom is 0.162 e. The Labute approximate surface area is 123 Å². The van der Waals surface area contributed by atoms with Crippen LogP contribution in [0.1, 0.15) is 41.5 Å². The SMILES string of the molecule is COCc1cc(COc2ccc3c(c2)C(O)CCC3)no1. The molecule has 1 atom stereocenters. The Balaban J connectivity index is 1.66. The van der Waals surface area contributed by atoms with Gasteiger partial charge in [-0.3, -0.25) is 0 Å². The van der Waals surface area contributed by atoms with Crippen molar-refractivity contribution in [3.8, 4) is 5.75 Å². The van der Waals surface area contributed by atoms with Gasteiger partial charge in [0.2, 0.25) is 0 Å². The zero-order valence-corrected chi connectivity index (χ0v) is 12.0. The van der Waals surface area contributed by atoms with Crippen LogP contribution >= 0.6 is 0 Å². The summed E-state index contributed by atoms with van der Waals surface area (Å²) >= 11 is 0. The summed E-state index contributed by atoms with van der Waals surface area (Å²) in [6.45, 7) is 0.736. The van der Waals surface area contributed by atoms with Crippen molar-refractivity contribution in [2.45, 2.75) is 38.6 Å². The number of fused-ring (bicyclic) bond motifs is 1. The highest BCUT2D eigenvalue weighted by Crippen LogP contribution is 2.32. The molecule has 0 radical (unpaired) electrons. The number of aromatic nitrogens is 1. The van der Waals surface area contributed by atoms with Gasteiger partial charge in [0.25, 0.3) is 0 Å². The highest BCUT2D eigenvalue weighted by Gasteiger charge is 2.18. The number of aryl methyl sites for hydroxylation is 1. The monoisotopic (exact) mass is 289 g/mol. The lowest BCUT2D eigenvalue weighted by Gasteiger charge is -2.21. The molecule has 1 aliphatic rings. The number of aliphatic hydroxyl groups is 1. The summed E-state index contributed by atoms with van der Waals surface area (Å²) in [6.07, 6.45) is 2.50. The molecule has 21 heavy (non-hydrogen) atoms. The number of nitrogens with zero attached hydrogens (tertiary/aromatic N) is 1. The molecule has 0 aliphatic heterocycles. The molecule has 1 unspecified atom stereocenters. The maximum absolute atomic E-state index is 10.0. The van der Waals surface area contributed by atoms with E-state index in [1.807, 2.05) is 24.3 Å². The molecule has 3 rings (SSSR count). The predicted molar refractivity (Wildman–Crippen MR) is 75.9 cm³/mol. The van der Waals surface area contributed by atoms with E-state index >= 15 is 0 Å². The first-order valence-corrected chi connectivity index (χ1v) is 7.13. The molecule has 2 aromatic rings. The minimum absolute atomic E-state index is 0.335. The van der Waals surface area contributed by atoms with Gasteiger partial charge in [0.1, 0.15) is 24.7 Å². The van der Waals surface area contributed by atoms with Crippen molar-refractivity contribution in [3.05, 3.63) is 46.8 Å². The average Bonchev–Trinajstić information content (AvgIpc) is 2.94. The second kappa shape index (κ2) is 6.28. The molecule has 0 amide bonds. The van der Waals surface area contributed by atoms with Gasteiger partial charge in [-0.15, -0.1) is 0 Å². The summed E-state index contributed by atoms with van der Waals surface area (Å²) < 4.78 is 15.8. The van der Waals surface area contributed by atoms with Gasteiger partial charge in [0.05, 0.1) is 6.10 Å². The Morgan fingerprint density at radius 3 is 3.10 bits per heavy atom. The molecule has 5 heteroatoms. The summed E-state index contributed by atoms with van der Waals surface area (Å²) in [5.41, 5.74) is 2.92. The standard InChI is InChI=1S/C16H19NO4/c1-19-10-14-7-12(17-21-14)9-20-13-6-5-11-3-2-4-16(18)15(11)8-13/h5-8,16,18H,2-4,9-10H2,1H3. The lowest BCUT2D eigenvalue weighted by molar-refractivity contribution is 0.155. The van der Waals surface area contributed by atoms with Crippen LogP contribution in [0.3, 0.4) is 0 Å². The number of benzene rings is 1. The Hall–Kier alpha value is -1.85. The third-order valence-corrected chi connectivity index (χ3v) is 3.68. The van der Waals surface area contributed by atoms with E-state index in [2.05, 4.69) is 5.16 Å². The minimum Gasteiger partial charge on any atom is -0.487 e. The van der Waals surface area contributed by atoms with E-state index in [9.17, 15) is 5.11 Å². The van der Waals surface area contributed by atoms with Crippen LogP contribution in [-0.2, 0) is 24.4 Å². The fourth-order valence-electron chi connectivity index (χ4n) is 2.63. The Kier molecular flexibility index (Phi) is 4.22. The predicted octanol–water partition coefficient (Wildman–Crippen LogP) is 2.77. The maximum atomic E-state index is 10.0. The van der Waals surface area contributed by atoms with E-state index in [4.69, 9.17) is 14.0 Å². The number of rotatable bonds is 5. The van der Waals surface area contributed by atoms with Crippen molar-refractivity contribution in [1.82, 2.24) is 5.16 Å². The summed E-state index contributed by atoms with van der Waals surface area (Å²) in [5.74, 6) is 1.42. The summed E-state index contributed by atoms with van der Waals surface area (Å²) in [6, 6.07) is 7.71. The van der Waals surface area contributed by atoms with Crippen LogP contribution in [0.5, 0.6) is 5.75 Å². The number of hydrogen-bond donors (Lipinski definition) is 1. The molecule has 0 bridgehead atoms. The van der Waals surface area contributed by atoms with Crippen molar-refractivity contribution >= 4 is 0 Å². The second-order valence-corrected chi connectivity index (χ2v) is 5.27. The molecule has 0 saturated carbocycles. The van der Waals surface area contributed by atoms with Gasteiger partial charge in [0.15, 0.2) is 5.76 Å². The van der Waals surface area contributed by atoms with Crippen LogP contribution < -0.4 is 4.74 Å². The first kappa shape index (κ1) is 14.1. The summed E-state index contributed by atoms with van der Waals surface area (Å²) in [5, 5.41) is 14.0. The first-order chi connectivity index (χ1) is 10.3. The van der Waals surface area contributed by atoms with Gasteiger partial charge in [-0.25, -0.2) is 0 Å². The molecule has 0 fully saturated rings. The van der Waals surface area contributed by atoms with Crippen LogP contribution in [0.2, 0.25) is 0 Å². The van der Waals surface area contributed by atoms with E-state index in [0.29, 0.717) is 19.0 Å². The molecule has 1 aromatic heterocycles. The number of ether oxygens (including phenoxy) is 2. The lowest BCUT2D eigenvalue weighted by Crippen LogP contribution is -2.09. The molecule has 1 heterocycles. The molecule has 1 N–H and O–H groups in total. The molecule has 0 spiro atoms. The fraction of sp³-hybridized carbons (Fsp3) is 0.438. The zero-order chi connectivity index (χ0) is 14.7. The van der Waals surface area contributed by atoms with Gasteiger partial charge in [-0.1, -0.05) is 11.2 Å². The van der Waals surface area contributed by atoms with Crippen molar-refractivity contribution < 1.29 is 19.1 Å². The lowest BCUT2D eigenvalue weighted by atomic mass is 9.89. The molecule has 5 nitrogen and oxygen atoms in total. The molecule has 1 aliphatic carbocycles. The highest BCUT2D eigenvalue weighted by molar-refractivity contribution is 5.38. The van der Waals surface area contributed by atoms with Crippen LogP contribution in [-0.4, -0.2) is 17.4 Å². The van der Waals surface area contributed by atoms with Crippen molar-refractivity contribution in [1.29, 1.82) is 0 Å². The van der Waals surface area contributed by atoms with Gasteiger partial charge in [0, 0.05) is 13.2 Å². The molecular weight excluding hydrogens is 270 g/mol. The van der Waals surface area contributed by atoms with Gasteiger partial charge >= 0.3 is 0 Å². The third kappa shape index (κ3) is 3.25. The largest absolute Gasteiger partial charge is 0.487 e. The number of aliphatic hydroxyl groups excluding tert-OH is 1. The molecule has 0 saturated heterocycles. The molecular formula is C16H19NO4. The van der Waals surface area contributed by atoms with Crippen LogP contribution in [0.25, 0.3) is 0 Å². The Bertz CT molecular complexity index is 608. The van der Waals surface area contributed by atoms with Crippen molar-refractivity contribution in [2.24, 2.45) is 0 Å². The average molecular weight is 289 g/mol. The topological polar surface area (TPSA) is 64.7 Å². The summed E-state index contributed by atoms with van der Waals surface area (Å²) in [7, 11) is 1.61. The fourth-order valence-corrected chi connectivity index (χ4v) is 2.63. The quantitative estimate of drug-likeness (QED) is 0.917. The first-order valence-electron chi connectivity index (χ1n) is 7.13. The molecule has 112 valence electrons. The van der Waals surface area contributed by atoms with Crippen molar-refractivity contribution in [2.75, 3.05) is 7.11 Å². The normalized spacial score (nSPS) is 17.5. The summed E-state index contributed by atoms with van der Waals surface area (Å²) in [4.78, 5) is 0. The van der Waals surface area contributed by atoms with Gasteiger partial charge in [-0.2, -0.15) is 0 Å². The van der Waals surface area contributed by atoms with Crippen LogP contribution in [0, 0.1) is 0 Å². The van der Waals surface area contributed by atoms with E-state index in [1.165, 1.54) is 5.56 Å². The number of methoxy groups -OCH3 is 1. The highest BCUT2D eigenvalue weighted by atomic mass is 16.5. The van der Waals surface area contributed by atoms with Crippen LogP contribution in [0.4, 0.5) is 0 Å². The van der Waals surface area contributed by atoms with Gasteiger partial charge < -0.3 is 19.1 Å². The number of hydrogen-bond acceptors (Lipinski definition) is 5. The minimum atomic E-state index is -0.377. The molecule has 1 aromatic carbocycles. The van der Waals surface area contributed by atoms with E-state index in [0.717, 1.165) is 36.3 Å². The zero-order valence-electron chi connectivity index (χ0n) is 12.0. The van der Waals surface area contributed by atoms with E-state index in [1.54, 1.807) is 7.11 Å². The van der Waals surface area contributed by atoms with E-state index < -0.39 is 0 Å².